The zero-order valence-electron chi connectivity index (χ0n) is 14.0. The highest BCUT2D eigenvalue weighted by Gasteiger charge is 2.24. The lowest BCUT2D eigenvalue weighted by Crippen LogP contribution is -2.26. The Balaban J connectivity index is 1.92. The van der Waals surface area contributed by atoms with E-state index in [1.165, 1.54) is 0 Å². The smallest absolute Gasteiger partial charge is 0.167 e. The quantitative estimate of drug-likeness (QED) is 0.604. The Labute approximate surface area is 146 Å². The number of benzene rings is 2. The first-order chi connectivity index (χ1) is 12.3. The maximum Gasteiger partial charge on any atom is 0.167 e. The summed E-state index contributed by atoms with van der Waals surface area (Å²) in [6.07, 6.45) is 1.80. The van der Waals surface area contributed by atoms with Crippen molar-refractivity contribution in [3.63, 3.8) is 0 Å². The van der Waals surface area contributed by atoms with E-state index in [0.717, 1.165) is 33.5 Å². The molecule has 2 aromatic carbocycles. The molecule has 0 saturated heterocycles. The van der Waals surface area contributed by atoms with Gasteiger partial charge in [0.25, 0.3) is 0 Å². The number of pyridine rings is 1. The minimum absolute atomic E-state index is 0.0205. The van der Waals surface area contributed by atoms with Gasteiger partial charge in [-0.15, -0.1) is 0 Å². The van der Waals surface area contributed by atoms with Crippen LogP contribution in [-0.2, 0) is 0 Å². The number of hydrogen-bond donors (Lipinski definition) is 1. The predicted octanol–water partition coefficient (Wildman–Crippen LogP) is 4.37. The van der Waals surface area contributed by atoms with Crippen LogP contribution in [0.2, 0.25) is 0 Å². The minimum atomic E-state index is -0.0887. The van der Waals surface area contributed by atoms with Crippen LogP contribution in [0.3, 0.4) is 0 Å². The van der Waals surface area contributed by atoms with Crippen molar-refractivity contribution in [2.75, 3.05) is 0 Å². The summed E-state index contributed by atoms with van der Waals surface area (Å²) in [6.45, 7) is 2.01. The molecule has 4 aromatic rings. The van der Waals surface area contributed by atoms with E-state index in [1.807, 2.05) is 61.5 Å². The number of hydrogen-bond acceptors (Lipinski definition) is 4. The highest BCUT2D eigenvalue weighted by Crippen LogP contribution is 2.36. The first kappa shape index (κ1) is 15.5. The number of para-hydroxylation sites is 1. The Kier molecular flexibility index (Phi) is 4.04. The van der Waals surface area contributed by atoms with E-state index in [-0.39, 0.29) is 12.0 Å². The summed E-state index contributed by atoms with van der Waals surface area (Å²) < 4.78 is 5.51. The molecule has 2 heterocycles. The second kappa shape index (κ2) is 6.49. The average Bonchev–Trinajstić information content (AvgIpc) is 3.07. The third kappa shape index (κ3) is 2.81. The Morgan fingerprint density at radius 2 is 1.68 bits per heavy atom. The Morgan fingerprint density at radius 1 is 0.920 bits per heavy atom. The SMILES string of the molecule is CC(N)C(c1ccccn1)c1ccccc1-c1noc2ccccc12. The first-order valence-corrected chi connectivity index (χ1v) is 8.36. The summed E-state index contributed by atoms with van der Waals surface area (Å²) in [5, 5.41) is 5.32. The van der Waals surface area contributed by atoms with Gasteiger partial charge in [-0.05, 0) is 36.8 Å². The molecule has 0 bridgehead atoms. The van der Waals surface area contributed by atoms with Gasteiger partial charge in [-0.1, -0.05) is 47.6 Å². The first-order valence-electron chi connectivity index (χ1n) is 8.36. The second-order valence-electron chi connectivity index (χ2n) is 6.21. The van der Waals surface area contributed by atoms with Crippen molar-refractivity contribution in [2.24, 2.45) is 5.73 Å². The van der Waals surface area contributed by atoms with E-state index in [0.29, 0.717) is 0 Å². The van der Waals surface area contributed by atoms with Gasteiger partial charge in [-0.3, -0.25) is 4.98 Å². The van der Waals surface area contributed by atoms with Gasteiger partial charge in [0.2, 0.25) is 0 Å². The molecule has 124 valence electrons. The molecule has 4 rings (SSSR count). The monoisotopic (exact) mass is 329 g/mol. The molecule has 4 heteroatoms. The summed E-state index contributed by atoms with van der Waals surface area (Å²) in [5.74, 6) is -0.0205. The van der Waals surface area contributed by atoms with Gasteiger partial charge >= 0.3 is 0 Å². The van der Waals surface area contributed by atoms with Crippen LogP contribution in [0, 0.1) is 0 Å². The molecule has 2 aromatic heterocycles. The van der Waals surface area contributed by atoms with Crippen molar-refractivity contribution >= 4 is 11.0 Å². The molecule has 0 radical (unpaired) electrons. The zero-order valence-corrected chi connectivity index (χ0v) is 14.0. The number of aromatic nitrogens is 2. The van der Waals surface area contributed by atoms with Crippen LogP contribution in [0.15, 0.2) is 77.4 Å². The maximum absolute atomic E-state index is 6.35. The van der Waals surface area contributed by atoms with Crippen LogP contribution in [0.25, 0.3) is 22.2 Å². The fourth-order valence-electron chi connectivity index (χ4n) is 3.34. The van der Waals surface area contributed by atoms with E-state index in [9.17, 15) is 0 Å². The highest BCUT2D eigenvalue weighted by atomic mass is 16.5. The van der Waals surface area contributed by atoms with Gasteiger partial charge in [0.05, 0.1) is 0 Å². The van der Waals surface area contributed by atoms with Crippen LogP contribution < -0.4 is 5.73 Å². The zero-order chi connectivity index (χ0) is 17.2. The summed E-state index contributed by atoms with van der Waals surface area (Å²) in [4.78, 5) is 4.54. The van der Waals surface area contributed by atoms with Gasteiger partial charge in [0.1, 0.15) is 5.69 Å². The van der Waals surface area contributed by atoms with Crippen molar-refractivity contribution in [1.82, 2.24) is 10.1 Å². The Hall–Kier alpha value is -2.98. The second-order valence-corrected chi connectivity index (χ2v) is 6.21. The Morgan fingerprint density at radius 3 is 2.48 bits per heavy atom. The fourth-order valence-corrected chi connectivity index (χ4v) is 3.34. The van der Waals surface area contributed by atoms with Gasteiger partial charge in [0.15, 0.2) is 5.58 Å². The lowest BCUT2D eigenvalue weighted by atomic mass is 9.85. The van der Waals surface area contributed by atoms with E-state index >= 15 is 0 Å². The molecule has 25 heavy (non-hydrogen) atoms. The number of nitrogens with zero attached hydrogens (tertiary/aromatic N) is 2. The maximum atomic E-state index is 6.35. The van der Waals surface area contributed by atoms with Crippen LogP contribution in [0.1, 0.15) is 24.1 Å². The minimum Gasteiger partial charge on any atom is -0.356 e. The average molecular weight is 329 g/mol. The van der Waals surface area contributed by atoms with Crippen LogP contribution in [0.5, 0.6) is 0 Å². The van der Waals surface area contributed by atoms with Crippen LogP contribution in [-0.4, -0.2) is 16.2 Å². The summed E-state index contributed by atoms with van der Waals surface area (Å²) >= 11 is 0. The largest absolute Gasteiger partial charge is 0.356 e. The third-order valence-corrected chi connectivity index (χ3v) is 4.46. The number of fused-ring (bicyclic) bond motifs is 1. The molecule has 2 atom stereocenters. The van der Waals surface area contributed by atoms with Gasteiger partial charge < -0.3 is 10.3 Å². The normalized spacial score (nSPS) is 13.7. The molecule has 0 aliphatic carbocycles. The Bertz CT molecular complexity index is 992. The molecule has 0 spiro atoms. The standard InChI is InChI=1S/C21H19N3O/c1-14(22)20(18-11-6-7-13-23-18)15-8-2-3-9-16(15)21-17-10-4-5-12-19(17)25-24-21/h2-14,20H,22H2,1H3. The topological polar surface area (TPSA) is 64.9 Å². The molecule has 2 unspecified atom stereocenters. The van der Waals surface area contributed by atoms with Crippen molar-refractivity contribution in [1.29, 1.82) is 0 Å². The number of rotatable bonds is 4. The number of nitrogens with two attached hydrogens (primary N) is 1. The molecule has 0 saturated carbocycles. The molecule has 0 fully saturated rings. The van der Waals surface area contributed by atoms with Gasteiger partial charge in [-0.25, -0.2) is 0 Å². The van der Waals surface area contributed by atoms with Crippen LogP contribution >= 0.6 is 0 Å². The van der Waals surface area contributed by atoms with Crippen molar-refractivity contribution in [2.45, 2.75) is 18.9 Å². The van der Waals surface area contributed by atoms with Crippen molar-refractivity contribution in [3.05, 3.63) is 84.2 Å². The summed E-state index contributed by atoms with van der Waals surface area (Å²) in [5.41, 5.74) is 11.1. The van der Waals surface area contributed by atoms with E-state index in [4.69, 9.17) is 10.3 Å². The molecule has 2 N–H and O–H groups in total. The van der Waals surface area contributed by atoms with Crippen molar-refractivity contribution in [3.8, 4) is 11.3 Å². The molecule has 4 nitrogen and oxygen atoms in total. The summed E-state index contributed by atoms with van der Waals surface area (Å²) in [7, 11) is 0. The molecule has 0 amide bonds. The summed E-state index contributed by atoms with van der Waals surface area (Å²) in [6, 6.07) is 21.9. The molecular formula is C21H19N3O. The van der Waals surface area contributed by atoms with Gasteiger partial charge in [-0.2, -0.15) is 0 Å². The van der Waals surface area contributed by atoms with Gasteiger partial charge in [0, 0.05) is 34.8 Å². The van der Waals surface area contributed by atoms with E-state index in [2.05, 4.69) is 22.3 Å². The van der Waals surface area contributed by atoms with Crippen LogP contribution in [0.4, 0.5) is 0 Å². The lowest BCUT2D eigenvalue weighted by Gasteiger charge is -2.23. The highest BCUT2D eigenvalue weighted by molar-refractivity contribution is 5.92. The van der Waals surface area contributed by atoms with E-state index < -0.39 is 0 Å². The molecule has 0 aliphatic heterocycles. The lowest BCUT2D eigenvalue weighted by molar-refractivity contribution is 0.459. The predicted molar refractivity (Wildman–Crippen MR) is 99.2 cm³/mol. The fraction of sp³-hybridized carbons (Fsp3) is 0.143. The van der Waals surface area contributed by atoms with E-state index in [1.54, 1.807) is 6.20 Å². The molecular weight excluding hydrogens is 310 g/mol. The third-order valence-electron chi connectivity index (χ3n) is 4.46. The van der Waals surface area contributed by atoms with Crippen molar-refractivity contribution < 1.29 is 4.52 Å². The molecule has 0 aliphatic rings.